The van der Waals surface area contributed by atoms with Gasteiger partial charge in [0.2, 0.25) is 0 Å². The van der Waals surface area contributed by atoms with Crippen molar-refractivity contribution in [1.29, 1.82) is 0 Å². The normalized spacial score (nSPS) is 22.1. The van der Waals surface area contributed by atoms with Crippen molar-refractivity contribution in [1.82, 2.24) is 9.97 Å². The third kappa shape index (κ3) is 4.10. The Morgan fingerprint density at radius 3 is 2.46 bits per heavy atom. The van der Waals surface area contributed by atoms with E-state index in [9.17, 15) is 5.11 Å². The summed E-state index contributed by atoms with van der Waals surface area (Å²) in [6.45, 7) is 5.21. The molecule has 6 rings (SSSR count). The van der Waals surface area contributed by atoms with Gasteiger partial charge in [-0.3, -0.25) is 0 Å². The van der Waals surface area contributed by atoms with Gasteiger partial charge in [-0.2, -0.15) is 0 Å². The van der Waals surface area contributed by atoms with Crippen LogP contribution in [0.25, 0.3) is 10.9 Å². The first-order chi connectivity index (χ1) is 16.9. The summed E-state index contributed by atoms with van der Waals surface area (Å²) in [5.74, 6) is 2.55. The number of halogens is 1. The maximum atomic E-state index is 15.2. The van der Waals surface area contributed by atoms with Crippen LogP contribution in [-0.4, -0.2) is 54.5 Å². The summed E-state index contributed by atoms with van der Waals surface area (Å²) >= 11 is 0. The van der Waals surface area contributed by atoms with Gasteiger partial charge in [-0.05, 0) is 74.3 Å². The summed E-state index contributed by atoms with van der Waals surface area (Å²) in [6, 6.07) is 12.5. The number of hydrogen-bond acceptors (Lipinski definition) is 6. The molecule has 3 aromatic rings. The van der Waals surface area contributed by atoms with Gasteiger partial charge in [0.1, 0.15) is 11.6 Å². The largest absolute Gasteiger partial charge is 0.496 e. The maximum absolute atomic E-state index is 15.2. The number of anilines is 2. The predicted octanol–water partition coefficient (Wildman–Crippen LogP) is 4.86. The molecule has 1 saturated carbocycles. The van der Waals surface area contributed by atoms with Crippen LogP contribution in [0.2, 0.25) is 0 Å². The van der Waals surface area contributed by atoms with Crippen LogP contribution < -0.4 is 14.5 Å². The average Bonchev–Trinajstić information content (AvgIpc) is 3.49. The van der Waals surface area contributed by atoms with Crippen LogP contribution in [0.4, 0.5) is 15.9 Å². The number of aryl methyl sites for hydroxylation is 1. The Labute approximate surface area is 205 Å². The van der Waals surface area contributed by atoms with Crippen LogP contribution in [-0.2, 0) is 5.67 Å². The first-order valence-corrected chi connectivity index (χ1v) is 12.8. The SMILES string of the molecule is COc1ccccc1C1CCN(c2nc(C3(F)CC3)nc3c(C)cc(N4CC[C@@H](O)C4)cc23)CC1. The smallest absolute Gasteiger partial charge is 0.170 e. The lowest BCUT2D eigenvalue weighted by atomic mass is 9.88. The Morgan fingerprint density at radius 1 is 1.03 bits per heavy atom. The molecule has 0 amide bonds. The third-order valence-corrected chi connectivity index (χ3v) is 7.95. The lowest BCUT2D eigenvalue weighted by molar-refractivity contribution is 0.198. The van der Waals surface area contributed by atoms with E-state index in [-0.39, 0.29) is 6.10 Å². The second-order valence-electron chi connectivity index (χ2n) is 10.4. The fourth-order valence-electron chi connectivity index (χ4n) is 5.71. The molecular formula is C28H33FN4O2. The van der Waals surface area contributed by atoms with Crippen molar-refractivity contribution in [3.63, 3.8) is 0 Å². The molecule has 2 aromatic carbocycles. The van der Waals surface area contributed by atoms with E-state index >= 15 is 4.39 Å². The maximum Gasteiger partial charge on any atom is 0.170 e. The molecule has 1 aromatic heterocycles. The van der Waals surface area contributed by atoms with E-state index in [1.807, 2.05) is 19.1 Å². The van der Waals surface area contributed by atoms with Crippen LogP contribution in [0.3, 0.4) is 0 Å². The Bertz CT molecular complexity index is 1250. The van der Waals surface area contributed by atoms with Gasteiger partial charge in [0, 0.05) is 37.3 Å². The second-order valence-corrected chi connectivity index (χ2v) is 10.4. The quantitative estimate of drug-likeness (QED) is 0.568. The number of alkyl halides is 1. The zero-order valence-corrected chi connectivity index (χ0v) is 20.5. The molecule has 0 radical (unpaired) electrons. The van der Waals surface area contributed by atoms with Gasteiger partial charge in [0.15, 0.2) is 11.5 Å². The first-order valence-electron chi connectivity index (χ1n) is 12.8. The molecule has 6 nitrogen and oxygen atoms in total. The molecular weight excluding hydrogens is 443 g/mol. The number of methoxy groups -OCH3 is 1. The van der Waals surface area contributed by atoms with Crippen molar-refractivity contribution in [2.24, 2.45) is 0 Å². The molecule has 2 aliphatic heterocycles. The molecule has 3 fully saturated rings. The summed E-state index contributed by atoms with van der Waals surface area (Å²) < 4.78 is 20.8. The number of aliphatic hydroxyl groups is 1. The van der Waals surface area contributed by atoms with Gasteiger partial charge in [0.25, 0.3) is 0 Å². The summed E-state index contributed by atoms with van der Waals surface area (Å²) in [5.41, 5.74) is 2.81. The minimum Gasteiger partial charge on any atom is -0.496 e. The van der Waals surface area contributed by atoms with Crippen LogP contribution >= 0.6 is 0 Å². The van der Waals surface area contributed by atoms with E-state index < -0.39 is 5.67 Å². The molecule has 3 heterocycles. The fourth-order valence-corrected chi connectivity index (χ4v) is 5.71. The highest BCUT2D eigenvalue weighted by molar-refractivity contribution is 5.94. The number of β-amino-alcohol motifs (C(OH)–C–C–N with tert-alkyl or cyclic N) is 1. The van der Waals surface area contributed by atoms with E-state index in [1.54, 1.807) is 7.11 Å². The van der Waals surface area contributed by atoms with Crippen molar-refractivity contribution >= 4 is 22.4 Å². The zero-order valence-electron chi connectivity index (χ0n) is 20.5. The van der Waals surface area contributed by atoms with Crippen molar-refractivity contribution < 1.29 is 14.2 Å². The van der Waals surface area contributed by atoms with Gasteiger partial charge >= 0.3 is 0 Å². The van der Waals surface area contributed by atoms with Crippen molar-refractivity contribution in [3.05, 3.63) is 53.3 Å². The highest BCUT2D eigenvalue weighted by Gasteiger charge is 2.48. The Morgan fingerprint density at radius 2 is 1.77 bits per heavy atom. The zero-order chi connectivity index (χ0) is 24.2. The monoisotopic (exact) mass is 476 g/mol. The number of aromatic nitrogens is 2. The number of aliphatic hydroxyl groups excluding tert-OH is 1. The highest BCUT2D eigenvalue weighted by atomic mass is 19.1. The minimum absolute atomic E-state index is 0.292. The average molecular weight is 477 g/mol. The standard InChI is InChI=1S/C28H33FN4O2/c1-18-15-20(33-14-9-21(34)17-33)16-23-25(18)30-27(28(29)10-11-28)31-26(23)32-12-7-19(8-13-32)22-5-3-4-6-24(22)35-2/h3-6,15-16,19,21,34H,7-14,17H2,1-2H3/t21-/m1/s1. The molecule has 2 saturated heterocycles. The number of hydrogen-bond donors (Lipinski definition) is 1. The molecule has 0 spiro atoms. The molecule has 1 aliphatic carbocycles. The molecule has 7 heteroatoms. The van der Waals surface area contributed by atoms with Crippen LogP contribution in [0.5, 0.6) is 5.75 Å². The second kappa shape index (κ2) is 8.63. The highest BCUT2D eigenvalue weighted by Crippen LogP contribution is 2.49. The number of rotatable bonds is 5. The van der Waals surface area contributed by atoms with Crippen LogP contribution in [0.1, 0.15) is 55.0 Å². The predicted molar refractivity (Wildman–Crippen MR) is 136 cm³/mol. The number of piperidine rings is 1. The van der Waals surface area contributed by atoms with Crippen molar-refractivity contribution in [2.45, 2.75) is 56.7 Å². The van der Waals surface area contributed by atoms with Gasteiger partial charge in [-0.25, -0.2) is 14.4 Å². The Hall–Kier alpha value is -2.93. The van der Waals surface area contributed by atoms with Crippen LogP contribution in [0, 0.1) is 6.92 Å². The molecule has 0 unspecified atom stereocenters. The van der Waals surface area contributed by atoms with Crippen LogP contribution in [0.15, 0.2) is 36.4 Å². The minimum atomic E-state index is -1.39. The van der Waals surface area contributed by atoms with Gasteiger partial charge in [-0.15, -0.1) is 0 Å². The fraction of sp³-hybridized carbons (Fsp3) is 0.500. The van der Waals surface area contributed by atoms with Gasteiger partial charge in [0.05, 0.1) is 18.7 Å². The van der Waals surface area contributed by atoms with Crippen molar-refractivity contribution in [2.75, 3.05) is 43.1 Å². The van der Waals surface area contributed by atoms with E-state index in [0.29, 0.717) is 31.1 Å². The summed E-state index contributed by atoms with van der Waals surface area (Å²) in [4.78, 5) is 14.1. The number of ether oxygens (including phenoxy) is 1. The Kier molecular flexibility index (Phi) is 5.55. The van der Waals surface area contributed by atoms with E-state index in [4.69, 9.17) is 14.7 Å². The number of benzene rings is 2. The van der Waals surface area contributed by atoms with Crippen molar-refractivity contribution in [3.8, 4) is 5.75 Å². The van der Waals surface area contributed by atoms with E-state index in [1.165, 1.54) is 5.56 Å². The van der Waals surface area contributed by atoms with E-state index in [0.717, 1.165) is 72.6 Å². The molecule has 1 atom stereocenters. The molecule has 1 N–H and O–H groups in total. The van der Waals surface area contributed by atoms with Gasteiger partial charge < -0.3 is 19.6 Å². The Balaban J connectivity index is 1.36. The third-order valence-electron chi connectivity index (χ3n) is 7.95. The summed E-state index contributed by atoms with van der Waals surface area (Å²) in [6.07, 6.45) is 3.45. The number of para-hydroxylation sites is 1. The van der Waals surface area contributed by atoms with E-state index in [2.05, 4.69) is 34.1 Å². The molecule has 184 valence electrons. The topological polar surface area (TPSA) is 61.7 Å². The van der Waals surface area contributed by atoms with Gasteiger partial charge in [-0.1, -0.05) is 18.2 Å². The summed E-state index contributed by atoms with van der Waals surface area (Å²) in [5, 5.41) is 11.0. The summed E-state index contributed by atoms with van der Waals surface area (Å²) in [7, 11) is 1.73. The molecule has 35 heavy (non-hydrogen) atoms. The molecule has 0 bridgehead atoms. The number of fused-ring (bicyclic) bond motifs is 1. The molecule has 3 aliphatic rings. The first kappa shape index (κ1) is 22.5. The number of nitrogens with zero attached hydrogens (tertiary/aromatic N) is 4. The lowest BCUT2D eigenvalue weighted by Gasteiger charge is -2.34. The lowest BCUT2D eigenvalue weighted by Crippen LogP contribution is -2.34.